The molecule has 0 saturated carbocycles. The van der Waals surface area contributed by atoms with Gasteiger partial charge in [0, 0.05) is 12.1 Å². The Hall–Kier alpha value is -1.12. The minimum absolute atomic E-state index is 0.0696. The third-order valence-electron chi connectivity index (χ3n) is 1.11. The fourth-order valence-electron chi connectivity index (χ4n) is 0.625. The number of nitrogens with one attached hydrogen (secondary N) is 1. The number of rotatable bonds is 1. The number of hydrogen-bond acceptors (Lipinski definition) is 2. The van der Waals surface area contributed by atoms with Crippen molar-refractivity contribution in [2.45, 2.75) is 6.92 Å². The van der Waals surface area contributed by atoms with Crippen LogP contribution in [-0.2, 0) is 9.59 Å². The van der Waals surface area contributed by atoms with E-state index in [9.17, 15) is 9.59 Å². The zero-order chi connectivity index (χ0) is 6.85. The second-order valence-electron chi connectivity index (χ2n) is 1.96. The molecule has 1 fully saturated rings. The molecule has 1 aliphatic heterocycles. The van der Waals surface area contributed by atoms with E-state index in [0.29, 0.717) is 12.1 Å². The Morgan fingerprint density at radius 3 is 2.56 bits per heavy atom. The van der Waals surface area contributed by atoms with Gasteiger partial charge in [0.25, 0.3) is 0 Å². The molecule has 0 spiro atoms. The fourth-order valence-corrected chi connectivity index (χ4v) is 0.625. The van der Waals surface area contributed by atoms with E-state index in [1.54, 1.807) is 0 Å². The topological polar surface area (TPSA) is 46.2 Å². The molecule has 1 heterocycles. The summed E-state index contributed by atoms with van der Waals surface area (Å²) < 4.78 is 0. The van der Waals surface area contributed by atoms with Gasteiger partial charge in [-0.2, -0.15) is 0 Å². The van der Waals surface area contributed by atoms with Gasteiger partial charge in [-0.25, -0.2) is 0 Å². The molecule has 0 bridgehead atoms. The third kappa shape index (κ3) is 1.16. The lowest BCUT2D eigenvalue weighted by Crippen LogP contribution is -2.41. The van der Waals surface area contributed by atoms with Gasteiger partial charge in [-0.1, -0.05) is 0 Å². The van der Waals surface area contributed by atoms with Gasteiger partial charge in [0.15, 0.2) is 5.78 Å². The van der Waals surface area contributed by atoms with Crippen LogP contribution in [0.3, 0.4) is 0 Å². The first-order valence-electron chi connectivity index (χ1n) is 2.69. The van der Waals surface area contributed by atoms with E-state index >= 15 is 0 Å². The molecule has 0 atom stereocenters. The first-order chi connectivity index (χ1) is 4.20. The summed E-state index contributed by atoms with van der Waals surface area (Å²) in [5.41, 5.74) is 0.586. The van der Waals surface area contributed by atoms with Crippen molar-refractivity contribution >= 4 is 11.7 Å². The second kappa shape index (κ2) is 2.01. The smallest absolute Gasteiger partial charge is 0.249 e. The van der Waals surface area contributed by atoms with Gasteiger partial charge < -0.3 is 5.32 Å². The van der Waals surface area contributed by atoms with Crippen molar-refractivity contribution in [3.05, 3.63) is 11.6 Å². The van der Waals surface area contributed by atoms with Gasteiger partial charge in [0.2, 0.25) is 5.91 Å². The van der Waals surface area contributed by atoms with E-state index in [2.05, 4.69) is 5.32 Å². The Bertz CT molecular complexity index is 193. The monoisotopic (exact) mass is 125 g/mol. The Labute approximate surface area is 52.7 Å². The lowest BCUT2D eigenvalue weighted by molar-refractivity contribution is -0.121. The molecular formula is C6H7NO2. The lowest BCUT2D eigenvalue weighted by Gasteiger charge is -2.16. The number of carbonyl (C=O) groups is 2. The van der Waals surface area contributed by atoms with Crippen molar-refractivity contribution in [2.24, 2.45) is 0 Å². The SMILES string of the molecule is CC(=O)/C=C1/CNC1=O. The highest BCUT2D eigenvalue weighted by molar-refractivity contribution is 6.05. The summed E-state index contributed by atoms with van der Waals surface area (Å²) in [7, 11) is 0. The van der Waals surface area contributed by atoms with Gasteiger partial charge in [-0.3, -0.25) is 9.59 Å². The van der Waals surface area contributed by atoms with Crippen molar-refractivity contribution in [1.82, 2.24) is 5.32 Å². The molecule has 1 N–H and O–H groups in total. The molecule has 9 heavy (non-hydrogen) atoms. The van der Waals surface area contributed by atoms with E-state index < -0.39 is 0 Å². The predicted octanol–water partition coefficient (Wildman–Crippen LogP) is -0.368. The zero-order valence-corrected chi connectivity index (χ0v) is 5.10. The molecule has 0 aromatic heterocycles. The summed E-state index contributed by atoms with van der Waals surface area (Å²) in [6.07, 6.45) is 1.36. The summed E-state index contributed by atoms with van der Waals surface area (Å²) in [5.74, 6) is -0.190. The van der Waals surface area contributed by atoms with Gasteiger partial charge in [-0.05, 0) is 13.0 Å². The molecule has 3 nitrogen and oxygen atoms in total. The highest BCUT2D eigenvalue weighted by atomic mass is 16.2. The van der Waals surface area contributed by atoms with Crippen LogP contribution in [0, 0.1) is 0 Å². The molecule has 0 aromatic rings. The minimum atomic E-state index is -0.120. The second-order valence-corrected chi connectivity index (χ2v) is 1.96. The van der Waals surface area contributed by atoms with Crippen LogP contribution in [0.1, 0.15) is 6.92 Å². The van der Waals surface area contributed by atoms with Crippen LogP contribution in [-0.4, -0.2) is 18.2 Å². The normalized spacial score (nSPS) is 21.0. The maximum Gasteiger partial charge on any atom is 0.249 e. The van der Waals surface area contributed by atoms with Crippen molar-refractivity contribution < 1.29 is 9.59 Å². The molecule has 0 aromatic carbocycles. The van der Waals surface area contributed by atoms with E-state index in [4.69, 9.17) is 0 Å². The van der Waals surface area contributed by atoms with Crippen LogP contribution in [0.15, 0.2) is 11.6 Å². The first-order valence-corrected chi connectivity index (χ1v) is 2.69. The average Bonchev–Trinajstić information content (AvgIpc) is 1.79. The van der Waals surface area contributed by atoms with Gasteiger partial charge in [0.05, 0.1) is 0 Å². The summed E-state index contributed by atoms with van der Waals surface area (Å²) in [6.45, 7) is 1.97. The Balaban J connectivity index is 2.62. The van der Waals surface area contributed by atoms with Crippen LogP contribution >= 0.6 is 0 Å². The van der Waals surface area contributed by atoms with Crippen molar-refractivity contribution in [3.63, 3.8) is 0 Å². The zero-order valence-electron chi connectivity index (χ0n) is 5.10. The van der Waals surface area contributed by atoms with E-state index in [1.807, 2.05) is 0 Å². The van der Waals surface area contributed by atoms with Crippen molar-refractivity contribution in [1.29, 1.82) is 0 Å². The third-order valence-corrected chi connectivity index (χ3v) is 1.11. The predicted molar refractivity (Wildman–Crippen MR) is 31.8 cm³/mol. The van der Waals surface area contributed by atoms with Gasteiger partial charge in [0.1, 0.15) is 0 Å². The Morgan fingerprint density at radius 1 is 1.78 bits per heavy atom. The summed E-state index contributed by atoms with van der Waals surface area (Å²) >= 11 is 0. The number of carbonyl (C=O) groups excluding carboxylic acids is 2. The van der Waals surface area contributed by atoms with Crippen LogP contribution in [0.25, 0.3) is 0 Å². The number of ketones is 1. The molecule has 0 radical (unpaired) electrons. The first kappa shape index (κ1) is 6.01. The molecule has 1 aliphatic rings. The average molecular weight is 125 g/mol. The molecule has 1 amide bonds. The van der Waals surface area contributed by atoms with Crippen LogP contribution in [0.4, 0.5) is 0 Å². The van der Waals surface area contributed by atoms with Gasteiger partial charge in [-0.15, -0.1) is 0 Å². The van der Waals surface area contributed by atoms with Crippen LogP contribution in [0.2, 0.25) is 0 Å². The van der Waals surface area contributed by atoms with Crippen molar-refractivity contribution in [3.8, 4) is 0 Å². The van der Waals surface area contributed by atoms with Crippen LogP contribution in [0.5, 0.6) is 0 Å². The maximum atomic E-state index is 10.4. The van der Waals surface area contributed by atoms with E-state index in [0.717, 1.165) is 0 Å². The van der Waals surface area contributed by atoms with Crippen LogP contribution < -0.4 is 5.32 Å². The molecule has 0 unspecified atom stereocenters. The molecule has 0 aliphatic carbocycles. The van der Waals surface area contributed by atoms with Crippen molar-refractivity contribution in [2.75, 3.05) is 6.54 Å². The van der Waals surface area contributed by atoms with E-state index in [1.165, 1.54) is 13.0 Å². The number of allylic oxidation sites excluding steroid dienone is 1. The molecule has 48 valence electrons. The number of hydrogen-bond donors (Lipinski definition) is 1. The summed E-state index contributed by atoms with van der Waals surface area (Å²) in [4.78, 5) is 20.8. The molecule has 1 saturated heterocycles. The quantitative estimate of drug-likeness (QED) is 0.384. The number of amides is 1. The minimum Gasteiger partial charge on any atom is -0.348 e. The largest absolute Gasteiger partial charge is 0.348 e. The summed E-state index contributed by atoms with van der Waals surface area (Å²) in [5, 5.41) is 2.50. The maximum absolute atomic E-state index is 10.4. The fraction of sp³-hybridized carbons (Fsp3) is 0.333. The summed E-state index contributed by atoms with van der Waals surface area (Å²) in [6, 6.07) is 0. The Morgan fingerprint density at radius 2 is 2.44 bits per heavy atom. The lowest BCUT2D eigenvalue weighted by atomic mass is 10.1. The molecule has 3 heteroatoms. The molecular weight excluding hydrogens is 118 g/mol. The highest BCUT2D eigenvalue weighted by Crippen LogP contribution is 2.01. The van der Waals surface area contributed by atoms with Gasteiger partial charge >= 0.3 is 0 Å². The Kier molecular flexibility index (Phi) is 1.34. The highest BCUT2D eigenvalue weighted by Gasteiger charge is 2.18. The number of β-lactam (4-membered cyclic amide) rings is 1. The standard InChI is InChI=1S/C6H7NO2/c1-4(8)2-5-3-7-6(5)9/h2H,3H2,1H3,(H,7,9)/b5-2-. The van der Waals surface area contributed by atoms with E-state index in [-0.39, 0.29) is 11.7 Å². The molecule has 1 rings (SSSR count).